The third kappa shape index (κ3) is 5.10. The van der Waals surface area contributed by atoms with Gasteiger partial charge in [-0.3, -0.25) is 4.90 Å². The SMILES string of the molecule is CC(C)(C)NCC(c1ccccc1)N1CCOC(C)(C)C1. The Balaban J connectivity index is 2.15. The van der Waals surface area contributed by atoms with Crippen LogP contribution in [-0.2, 0) is 4.74 Å². The average molecular weight is 290 g/mol. The molecule has 3 heteroatoms. The van der Waals surface area contributed by atoms with Gasteiger partial charge >= 0.3 is 0 Å². The minimum atomic E-state index is -0.0625. The fourth-order valence-corrected chi connectivity index (χ4v) is 2.85. The summed E-state index contributed by atoms with van der Waals surface area (Å²) in [4.78, 5) is 2.55. The van der Waals surface area contributed by atoms with Crippen molar-refractivity contribution in [3.8, 4) is 0 Å². The molecule has 21 heavy (non-hydrogen) atoms. The lowest BCUT2D eigenvalue weighted by molar-refractivity contribution is -0.0977. The van der Waals surface area contributed by atoms with E-state index in [0.717, 1.165) is 26.2 Å². The van der Waals surface area contributed by atoms with Gasteiger partial charge in [0.1, 0.15) is 0 Å². The van der Waals surface area contributed by atoms with Crippen LogP contribution in [0.2, 0.25) is 0 Å². The highest BCUT2D eigenvalue weighted by atomic mass is 16.5. The second-order valence-electron chi connectivity index (χ2n) is 7.64. The Labute approximate surface area is 129 Å². The maximum Gasteiger partial charge on any atom is 0.0753 e. The Morgan fingerprint density at radius 2 is 1.90 bits per heavy atom. The van der Waals surface area contributed by atoms with E-state index in [2.05, 4.69) is 75.2 Å². The molecule has 2 rings (SSSR count). The van der Waals surface area contributed by atoms with E-state index in [1.165, 1.54) is 5.56 Å². The molecule has 1 saturated heterocycles. The van der Waals surface area contributed by atoms with Crippen LogP contribution in [0.4, 0.5) is 0 Å². The van der Waals surface area contributed by atoms with Gasteiger partial charge in [-0.25, -0.2) is 0 Å². The van der Waals surface area contributed by atoms with Gasteiger partial charge < -0.3 is 10.1 Å². The molecule has 1 N–H and O–H groups in total. The number of nitrogens with one attached hydrogen (secondary N) is 1. The van der Waals surface area contributed by atoms with Crippen molar-refractivity contribution in [3.05, 3.63) is 35.9 Å². The highest BCUT2D eigenvalue weighted by Gasteiger charge is 2.32. The number of hydrogen-bond acceptors (Lipinski definition) is 3. The average Bonchev–Trinajstić information content (AvgIpc) is 2.38. The molecule has 1 fully saturated rings. The zero-order valence-corrected chi connectivity index (χ0v) is 14.1. The highest BCUT2D eigenvalue weighted by Crippen LogP contribution is 2.26. The summed E-state index contributed by atoms with van der Waals surface area (Å²) in [5.41, 5.74) is 1.45. The van der Waals surface area contributed by atoms with Crippen LogP contribution in [0, 0.1) is 0 Å². The van der Waals surface area contributed by atoms with Crippen LogP contribution in [0.3, 0.4) is 0 Å². The van der Waals surface area contributed by atoms with Gasteiger partial charge in [-0.05, 0) is 40.2 Å². The lowest BCUT2D eigenvalue weighted by Crippen LogP contribution is -2.52. The standard InChI is InChI=1S/C18H30N2O/c1-17(2,3)19-13-16(15-9-7-6-8-10-15)20-11-12-21-18(4,5)14-20/h6-10,16,19H,11-14H2,1-5H3. The van der Waals surface area contributed by atoms with Crippen molar-refractivity contribution in [1.29, 1.82) is 0 Å². The zero-order valence-electron chi connectivity index (χ0n) is 14.1. The van der Waals surface area contributed by atoms with Crippen LogP contribution in [0.5, 0.6) is 0 Å². The van der Waals surface area contributed by atoms with E-state index < -0.39 is 0 Å². The molecule has 0 spiro atoms. The van der Waals surface area contributed by atoms with Crippen molar-refractivity contribution >= 4 is 0 Å². The number of benzene rings is 1. The molecule has 0 bridgehead atoms. The number of nitrogens with zero attached hydrogens (tertiary/aromatic N) is 1. The Hall–Kier alpha value is -0.900. The summed E-state index contributed by atoms with van der Waals surface area (Å²) < 4.78 is 5.86. The summed E-state index contributed by atoms with van der Waals surface area (Å²) in [6.07, 6.45) is 0. The molecule has 1 aliphatic rings. The summed E-state index contributed by atoms with van der Waals surface area (Å²) in [7, 11) is 0. The number of hydrogen-bond donors (Lipinski definition) is 1. The molecular weight excluding hydrogens is 260 g/mol. The summed E-state index contributed by atoms with van der Waals surface area (Å²) in [5, 5.41) is 3.66. The van der Waals surface area contributed by atoms with Crippen LogP contribution < -0.4 is 5.32 Å². The van der Waals surface area contributed by atoms with Crippen LogP contribution in [0.15, 0.2) is 30.3 Å². The summed E-state index contributed by atoms with van der Waals surface area (Å²) >= 11 is 0. The third-order valence-corrected chi connectivity index (χ3v) is 3.91. The molecule has 1 aromatic rings. The molecule has 1 unspecified atom stereocenters. The lowest BCUT2D eigenvalue weighted by atomic mass is 9.99. The molecule has 1 aromatic carbocycles. The summed E-state index contributed by atoms with van der Waals surface area (Å²) in [6.45, 7) is 14.8. The molecule has 0 saturated carbocycles. The van der Waals surface area contributed by atoms with Crippen molar-refractivity contribution in [2.24, 2.45) is 0 Å². The smallest absolute Gasteiger partial charge is 0.0753 e. The van der Waals surface area contributed by atoms with Crippen molar-refractivity contribution in [3.63, 3.8) is 0 Å². The van der Waals surface area contributed by atoms with Crippen molar-refractivity contribution in [2.75, 3.05) is 26.2 Å². The predicted octanol–water partition coefficient (Wildman–Crippen LogP) is 3.23. The Morgan fingerprint density at radius 3 is 2.48 bits per heavy atom. The van der Waals surface area contributed by atoms with Crippen LogP contribution in [0.1, 0.15) is 46.2 Å². The van der Waals surface area contributed by atoms with E-state index >= 15 is 0 Å². The normalized spacial score (nSPS) is 21.2. The Kier molecular flexibility index (Phi) is 5.07. The van der Waals surface area contributed by atoms with Gasteiger partial charge in [-0.2, -0.15) is 0 Å². The third-order valence-electron chi connectivity index (χ3n) is 3.91. The molecule has 118 valence electrons. The quantitative estimate of drug-likeness (QED) is 0.921. The monoisotopic (exact) mass is 290 g/mol. The second-order valence-corrected chi connectivity index (χ2v) is 7.64. The van der Waals surface area contributed by atoms with Gasteiger partial charge in [0.05, 0.1) is 12.2 Å². The van der Waals surface area contributed by atoms with Gasteiger partial charge in [0.2, 0.25) is 0 Å². The lowest BCUT2D eigenvalue weighted by Gasteiger charge is -2.43. The van der Waals surface area contributed by atoms with Crippen molar-refractivity contribution in [2.45, 2.75) is 51.8 Å². The van der Waals surface area contributed by atoms with Gasteiger partial charge in [0, 0.05) is 31.2 Å². The van der Waals surface area contributed by atoms with Gasteiger partial charge in [-0.15, -0.1) is 0 Å². The number of ether oxygens (including phenoxy) is 1. The molecular formula is C18H30N2O. The zero-order chi connectivity index (χ0) is 15.5. The first-order valence-corrected chi connectivity index (χ1v) is 7.95. The first-order chi connectivity index (χ1) is 9.77. The van der Waals surface area contributed by atoms with Gasteiger partial charge in [0.25, 0.3) is 0 Å². The molecule has 1 aliphatic heterocycles. The maximum atomic E-state index is 5.86. The molecule has 0 amide bonds. The predicted molar refractivity (Wildman–Crippen MR) is 88.5 cm³/mol. The second kappa shape index (κ2) is 6.47. The highest BCUT2D eigenvalue weighted by molar-refractivity contribution is 5.20. The minimum absolute atomic E-state index is 0.0625. The van der Waals surface area contributed by atoms with E-state index in [4.69, 9.17) is 4.74 Å². The molecule has 1 atom stereocenters. The van der Waals surface area contributed by atoms with Crippen molar-refractivity contribution in [1.82, 2.24) is 10.2 Å². The molecule has 0 aliphatic carbocycles. The van der Waals surface area contributed by atoms with E-state index in [1.54, 1.807) is 0 Å². The van der Waals surface area contributed by atoms with Crippen LogP contribution in [0.25, 0.3) is 0 Å². The number of morpholine rings is 1. The Morgan fingerprint density at radius 1 is 1.24 bits per heavy atom. The fourth-order valence-electron chi connectivity index (χ4n) is 2.85. The Bertz CT molecular complexity index is 436. The first-order valence-electron chi connectivity index (χ1n) is 7.95. The van der Waals surface area contributed by atoms with E-state index in [-0.39, 0.29) is 11.1 Å². The minimum Gasteiger partial charge on any atom is -0.373 e. The maximum absolute atomic E-state index is 5.86. The fraction of sp³-hybridized carbons (Fsp3) is 0.667. The van der Waals surface area contributed by atoms with E-state index in [0.29, 0.717) is 6.04 Å². The summed E-state index contributed by atoms with van der Waals surface area (Å²) in [6, 6.07) is 11.2. The van der Waals surface area contributed by atoms with E-state index in [9.17, 15) is 0 Å². The van der Waals surface area contributed by atoms with Crippen LogP contribution in [-0.4, -0.2) is 42.3 Å². The number of rotatable bonds is 4. The van der Waals surface area contributed by atoms with Crippen molar-refractivity contribution < 1.29 is 4.74 Å². The molecule has 0 aromatic heterocycles. The topological polar surface area (TPSA) is 24.5 Å². The summed E-state index contributed by atoms with van der Waals surface area (Å²) in [5.74, 6) is 0. The molecule has 0 radical (unpaired) electrons. The van der Waals surface area contributed by atoms with Gasteiger partial charge in [-0.1, -0.05) is 30.3 Å². The molecule has 1 heterocycles. The first kappa shape index (κ1) is 16.5. The van der Waals surface area contributed by atoms with Crippen LogP contribution >= 0.6 is 0 Å². The molecule has 3 nitrogen and oxygen atoms in total. The van der Waals surface area contributed by atoms with Gasteiger partial charge in [0.15, 0.2) is 0 Å². The largest absolute Gasteiger partial charge is 0.373 e. The van der Waals surface area contributed by atoms with E-state index in [1.807, 2.05) is 0 Å².